The Morgan fingerprint density at radius 1 is 1.20 bits per heavy atom. The van der Waals surface area contributed by atoms with E-state index in [2.05, 4.69) is 4.98 Å². The zero-order valence-electron chi connectivity index (χ0n) is 11.2. The predicted octanol–water partition coefficient (Wildman–Crippen LogP) is 3.06. The third-order valence-electron chi connectivity index (χ3n) is 3.23. The molecule has 0 amide bonds. The lowest BCUT2D eigenvalue weighted by atomic mass is 10.2. The van der Waals surface area contributed by atoms with Crippen molar-refractivity contribution in [1.29, 1.82) is 0 Å². The van der Waals surface area contributed by atoms with E-state index in [0.29, 0.717) is 17.0 Å². The van der Waals surface area contributed by atoms with Crippen LogP contribution in [0.15, 0.2) is 36.4 Å². The molecule has 3 aromatic rings. The molecule has 0 unspecified atom stereocenters. The van der Waals surface area contributed by atoms with Gasteiger partial charge in [-0.15, -0.1) is 0 Å². The number of anilines is 1. The maximum absolute atomic E-state index is 14.1. The topological polar surface area (TPSA) is 53.1 Å². The summed E-state index contributed by atoms with van der Waals surface area (Å²) >= 11 is 0. The van der Waals surface area contributed by atoms with Crippen LogP contribution in [0.1, 0.15) is 5.56 Å². The van der Waals surface area contributed by atoms with Crippen molar-refractivity contribution >= 4 is 17.0 Å². The number of ether oxygens (including phenoxy) is 1. The number of aryl methyl sites for hydroxylation is 1. The van der Waals surface area contributed by atoms with Crippen molar-refractivity contribution < 1.29 is 9.13 Å². The lowest BCUT2D eigenvalue weighted by molar-refractivity contribution is 0.415. The lowest BCUT2D eigenvalue weighted by Gasteiger charge is -2.09. The summed E-state index contributed by atoms with van der Waals surface area (Å²) in [5, 5.41) is 0. The van der Waals surface area contributed by atoms with Crippen molar-refractivity contribution in [3.05, 3.63) is 47.8 Å². The van der Waals surface area contributed by atoms with Crippen LogP contribution in [-0.4, -0.2) is 16.7 Å². The Labute approximate surface area is 115 Å². The fourth-order valence-corrected chi connectivity index (χ4v) is 2.25. The minimum Gasteiger partial charge on any atom is -0.497 e. The van der Waals surface area contributed by atoms with Crippen molar-refractivity contribution in [3.8, 4) is 11.4 Å². The molecule has 3 rings (SSSR count). The van der Waals surface area contributed by atoms with Crippen LogP contribution in [0.4, 0.5) is 10.3 Å². The number of hydrogen-bond donors (Lipinski definition) is 1. The van der Waals surface area contributed by atoms with Gasteiger partial charge in [-0.05, 0) is 36.8 Å². The molecule has 0 atom stereocenters. The van der Waals surface area contributed by atoms with Crippen LogP contribution in [0.3, 0.4) is 0 Å². The largest absolute Gasteiger partial charge is 0.497 e. The number of nitrogens with zero attached hydrogens (tertiary/aromatic N) is 2. The van der Waals surface area contributed by atoms with Gasteiger partial charge >= 0.3 is 0 Å². The number of benzene rings is 2. The predicted molar refractivity (Wildman–Crippen MR) is 76.7 cm³/mol. The van der Waals surface area contributed by atoms with Crippen LogP contribution < -0.4 is 10.5 Å². The van der Waals surface area contributed by atoms with Gasteiger partial charge in [0.15, 0.2) is 0 Å². The van der Waals surface area contributed by atoms with Gasteiger partial charge in [0, 0.05) is 6.07 Å². The molecule has 2 aromatic carbocycles. The summed E-state index contributed by atoms with van der Waals surface area (Å²) in [7, 11) is 1.59. The standard InChI is InChI=1S/C15H14FN3O/c1-9-3-5-11(16)14(7-9)19-13-6-4-10(20-2)8-12(13)18-15(19)17/h3-8H,1-2H3,(H2,17,18). The van der Waals surface area contributed by atoms with E-state index in [1.165, 1.54) is 6.07 Å². The van der Waals surface area contributed by atoms with Gasteiger partial charge in [-0.3, -0.25) is 4.57 Å². The van der Waals surface area contributed by atoms with E-state index < -0.39 is 0 Å². The summed E-state index contributed by atoms with van der Waals surface area (Å²) in [5.41, 5.74) is 8.71. The van der Waals surface area contributed by atoms with E-state index in [1.807, 2.05) is 13.0 Å². The molecular formula is C15H14FN3O. The quantitative estimate of drug-likeness (QED) is 0.779. The number of imidazole rings is 1. The van der Waals surface area contributed by atoms with Crippen molar-refractivity contribution in [2.45, 2.75) is 6.92 Å². The molecule has 2 N–H and O–H groups in total. The Morgan fingerprint density at radius 2 is 2.00 bits per heavy atom. The molecule has 0 saturated heterocycles. The number of hydrogen-bond acceptors (Lipinski definition) is 3. The summed E-state index contributed by atoms with van der Waals surface area (Å²) in [6, 6.07) is 10.3. The van der Waals surface area contributed by atoms with E-state index in [4.69, 9.17) is 10.5 Å². The molecule has 0 aliphatic carbocycles. The van der Waals surface area contributed by atoms with Crippen molar-refractivity contribution in [2.75, 3.05) is 12.8 Å². The number of fused-ring (bicyclic) bond motifs is 1. The van der Waals surface area contributed by atoms with E-state index in [9.17, 15) is 4.39 Å². The summed E-state index contributed by atoms with van der Waals surface area (Å²) in [4.78, 5) is 4.26. The number of rotatable bonds is 2. The van der Waals surface area contributed by atoms with Gasteiger partial charge in [0.25, 0.3) is 0 Å². The maximum atomic E-state index is 14.1. The monoisotopic (exact) mass is 271 g/mol. The second kappa shape index (κ2) is 4.52. The first-order valence-electron chi connectivity index (χ1n) is 6.18. The van der Waals surface area contributed by atoms with Crippen molar-refractivity contribution in [2.24, 2.45) is 0 Å². The molecule has 0 saturated carbocycles. The average Bonchev–Trinajstić information content (AvgIpc) is 2.76. The second-order valence-corrected chi connectivity index (χ2v) is 4.61. The molecule has 5 heteroatoms. The number of methoxy groups -OCH3 is 1. The van der Waals surface area contributed by atoms with Crippen LogP contribution >= 0.6 is 0 Å². The molecule has 0 aliphatic heterocycles. The van der Waals surface area contributed by atoms with Crippen LogP contribution in [0.5, 0.6) is 5.75 Å². The summed E-state index contributed by atoms with van der Waals surface area (Å²) in [5.74, 6) is 0.599. The molecule has 1 aromatic heterocycles. The van der Waals surface area contributed by atoms with E-state index in [0.717, 1.165) is 11.1 Å². The Balaban J connectivity index is 2.30. The molecule has 20 heavy (non-hydrogen) atoms. The minimum atomic E-state index is -0.336. The summed E-state index contributed by atoms with van der Waals surface area (Å²) in [6.07, 6.45) is 0. The van der Waals surface area contributed by atoms with Crippen molar-refractivity contribution in [3.63, 3.8) is 0 Å². The van der Waals surface area contributed by atoms with Gasteiger partial charge < -0.3 is 10.5 Å². The van der Waals surface area contributed by atoms with E-state index in [1.54, 1.807) is 35.9 Å². The average molecular weight is 271 g/mol. The van der Waals surface area contributed by atoms with Gasteiger partial charge in [0.1, 0.15) is 11.6 Å². The van der Waals surface area contributed by atoms with Crippen LogP contribution in [0.25, 0.3) is 16.7 Å². The van der Waals surface area contributed by atoms with Gasteiger partial charge in [0.2, 0.25) is 5.95 Å². The summed E-state index contributed by atoms with van der Waals surface area (Å²) < 4.78 is 20.8. The van der Waals surface area contributed by atoms with Crippen molar-refractivity contribution in [1.82, 2.24) is 9.55 Å². The molecule has 0 aliphatic rings. The highest BCUT2D eigenvalue weighted by molar-refractivity contribution is 5.82. The Kier molecular flexibility index (Phi) is 2.82. The fraction of sp³-hybridized carbons (Fsp3) is 0.133. The first-order chi connectivity index (χ1) is 9.60. The maximum Gasteiger partial charge on any atom is 0.206 e. The van der Waals surface area contributed by atoms with Crippen LogP contribution in [-0.2, 0) is 0 Å². The number of aromatic nitrogens is 2. The number of halogens is 1. The highest BCUT2D eigenvalue weighted by atomic mass is 19.1. The lowest BCUT2D eigenvalue weighted by Crippen LogP contribution is -2.03. The SMILES string of the molecule is COc1ccc2c(c1)nc(N)n2-c1cc(C)ccc1F. The van der Waals surface area contributed by atoms with E-state index in [-0.39, 0.29) is 11.8 Å². The molecule has 0 bridgehead atoms. The Bertz CT molecular complexity index is 795. The zero-order chi connectivity index (χ0) is 14.3. The van der Waals surface area contributed by atoms with Gasteiger partial charge in [0.05, 0.1) is 23.8 Å². The third kappa shape index (κ3) is 1.87. The molecule has 1 heterocycles. The Morgan fingerprint density at radius 3 is 2.75 bits per heavy atom. The van der Waals surface area contributed by atoms with Gasteiger partial charge in [-0.1, -0.05) is 6.07 Å². The second-order valence-electron chi connectivity index (χ2n) is 4.61. The number of nitrogens with two attached hydrogens (primary N) is 1. The molecule has 102 valence electrons. The fourth-order valence-electron chi connectivity index (χ4n) is 2.25. The molecule has 0 fully saturated rings. The van der Waals surface area contributed by atoms with Crippen LogP contribution in [0, 0.1) is 12.7 Å². The highest BCUT2D eigenvalue weighted by Crippen LogP contribution is 2.27. The first-order valence-corrected chi connectivity index (χ1v) is 6.18. The highest BCUT2D eigenvalue weighted by Gasteiger charge is 2.14. The van der Waals surface area contributed by atoms with E-state index >= 15 is 0 Å². The molecular weight excluding hydrogens is 257 g/mol. The zero-order valence-corrected chi connectivity index (χ0v) is 11.2. The molecule has 4 nitrogen and oxygen atoms in total. The molecule has 0 spiro atoms. The normalized spacial score (nSPS) is 10.9. The summed E-state index contributed by atoms with van der Waals surface area (Å²) in [6.45, 7) is 1.90. The number of nitrogen functional groups attached to an aromatic ring is 1. The van der Waals surface area contributed by atoms with Gasteiger partial charge in [-0.2, -0.15) is 0 Å². The minimum absolute atomic E-state index is 0.248. The first kappa shape index (κ1) is 12.5. The molecule has 0 radical (unpaired) electrons. The van der Waals surface area contributed by atoms with Gasteiger partial charge in [-0.25, -0.2) is 9.37 Å². The smallest absolute Gasteiger partial charge is 0.206 e. The third-order valence-corrected chi connectivity index (χ3v) is 3.23. The van der Waals surface area contributed by atoms with Crippen LogP contribution in [0.2, 0.25) is 0 Å². The Hall–Kier alpha value is -2.56.